The zero-order valence-corrected chi connectivity index (χ0v) is 16.9. The summed E-state index contributed by atoms with van der Waals surface area (Å²) in [5.41, 5.74) is 1.36. The summed E-state index contributed by atoms with van der Waals surface area (Å²) in [4.78, 5) is 8.97. The van der Waals surface area contributed by atoms with E-state index in [0.29, 0.717) is 41.1 Å². The normalized spacial score (nSPS) is 15.6. The lowest BCUT2D eigenvalue weighted by atomic mass is 10.2. The van der Waals surface area contributed by atoms with Crippen LogP contribution in [0.2, 0.25) is 5.02 Å². The van der Waals surface area contributed by atoms with Crippen LogP contribution in [0.5, 0.6) is 5.75 Å². The number of hydrogen-bond acceptors (Lipinski definition) is 6. The molecule has 1 fully saturated rings. The Morgan fingerprint density at radius 3 is 2.48 bits per heavy atom. The first-order valence-corrected chi connectivity index (χ1v) is 9.85. The van der Waals surface area contributed by atoms with Crippen molar-refractivity contribution in [2.45, 2.75) is 13.1 Å². The Kier molecular flexibility index (Phi) is 6.08. The zero-order chi connectivity index (χ0) is 20.2. The van der Waals surface area contributed by atoms with Crippen molar-refractivity contribution in [1.82, 2.24) is 19.9 Å². The maximum atomic E-state index is 14.0. The van der Waals surface area contributed by atoms with Gasteiger partial charge < -0.3 is 9.26 Å². The SMILES string of the molecule is COc1ccccc1-c1noc(CN2CCN(Cc3c(F)cccc3Cl)CC2)n1. The van der Waals surface area contributed by atoms with Gasteiger partial charge in [0.2, 0.25) is 11.7 Å². The molecule has 152 valence electrons. The number of piperazine rings is 1. The average molecular weight is 417 g/mol. The zero-order valence-electron chi connectivity index (χ0n) is 16.1. The van der Waals surface area contributed by atoms with Crippen LogP contribution in [0.15, 0.2) is 47.0 Å². The number of rotatable bonds is 6. The van der Waals surface area contributed by atoms with Crippen molar-refractivity contribution in [2.75, 3.05) is 33.3 Å². The molecule has 0 N–H and O–H groups in total. The number of hydrogen-bond donors (Lipinski definition) is 0. The van der Waals surface area contributed by atoms with Gasteiger partial charge in [-0.25, -0.2) is 4.39 Å². The maximum absolute atomic E-state index is 14.0. The Labute approximate surface area is 173 Å². The first-order chi connectivity index (χ1) is 14.1. The fourth-order valence-corrected chi connectivity index (χ4v) is 3.68. The highest BCUT2D eigenvalue weighted by atomic mass is 35.5. The molecule has 0 bridgehead atoms. The summed E-state index contributed by atoms with van der Waals surface area (Å²) in [5, 5.41) is 4.57. The molecule has 0 aliphatic carbocycles. The minimum Gasteiger partial charge on any atom is -0.496 e. The lowest BCUT2D eigenvalue weighted by Crippen LogP contribution is -2.45. The van der Waals surface area contributed by atoms with Crippen molar-refractivity contribution >= 4 is 11.6 Å². The van der Waals surface area contributed by atoms with E-state index in [1.165, 1.54) is 6.07 Å². The average Bonchev–Trinajstić information content (AvgIpc) is 3.20. The van der Waals surface area contributed by atoms with E-state index in [-0.39, 0.29) is 5.82 Å². The second-order valence-electron chi connectivity index (χ2n) is 6.96. The molecule has 2 heterocycles. The molecule has 0 atom stereocenters. The van der Waals surface area contributed by atoms with Crippen molar-refractivity contribution in [3.05, 3.63) is 64.8 Å². The number of halogens is 2. The molecule has 0 spiro atoms. The summed E-state index contributed by atoms with van der Waals surface area (Å²) < 4.78 is 24.8. The van der Waals surface area contributed by atoms with Gasteiger partial charge >= 0.3 is 0 Å². The summed E-state index contributed by atoms with van der Waals surface area (Å²) in [6.45, 7) is 4.39. The van der Waals surface area contributed by atoms with E-state index >= 15 is 0 Å². The highest BCUT2D eigenvalue weighted by molar-refractivity contribution is 6.31. The molecule has 0 radical (unpaired) electrons. The van der Waals surface area contributed by atoms with E-state index in [1.807, 2.05) is 24.3 Å². The quantitative estimate of drug-likeness (QED) is 0.608. The molecular formula is C21H22ClFN4O2. The third-order valence-corrected chi connectivity index (χ3v) is 5.44. The first kappa shape index (κ1) is 19.8. The molecule has 1 aromatic heterocycles. The molecule has 29 heavy (non-hydrogen) atoms. The number of nitrogens with zero attached hydrogens (tertiary/aromatic N) is 4. The van der Waals surface area contributed by atoms with Gasteiger partial charge in [0, 0.05) is 43.3 Å². The van der Waals surface area contributed by atoms with Gasteiger partial charge in [-0.15, -0.1) is 0 Å². The van der Waals surface area contributed by atoms with Gasteiger partial charge in [-0.1, -0.05) is 35.0 Å². The van der Waals surface area contributed by atoms with E-state index in [2.05, 4.69) is 19.9 Å². The van der Waals surface area contributed by atoms with Gasteiger partial charge in [-0.05, 0) is 24.3 Å². The molecule has 1 saturated heterocycles. The van der Waals surface area contributed by atoms with Crippen molar-refractivity contribution in [3.8, 4) is 17.1 Å². The van der Waals surface area contributed by atoms with Crippen LogP contribution in [-0.2, 0) is 13.1 Å². The minimum absolute atomic E-state index is 0.255. The number of methoxy groups -OCH3 is 1. The first-order valence-electron chi connectivity index (χ1n) is 9.47. The molecule has 1 aliphatic heterocycles. The van der Waals surface area contributed by atoms with E-state index in [1.54, 1.807) is 19.2 Å². The predicted octanol–water partition coefficient (Wildman–Crippen LogP) is 3.86. The van der Waals surface area contributed by atoms with Crippen LogP contribution >= 0.6 is 11.6 Å². The summed E-state index contributed by atoms with van der Waals surface area (Å²) in [7, 11) is 1.62. The Hall–Kier alpha value is -2.48. The van der Waals surface area contributed by atoms with Crippen molar-refractivity contribution in [1.29, 1.82) is 0 Å². The van der Waals surface area contributed by atoms with Crippen molar-refractivity contribution in [3.63, 3.8) is 0 Å². The van der Waals surface area contributed by atoms with E-state index in [4.69, 9.17) is 20.9 Å². The topological polar surface area (TPSA) is 54.6 Å². The molecule has 0 amide bonds. The number of para-hydroxylation sites is 1. The van der Waals surface area contributed by atoms with E-state index < -0.39 is 0 Å². The maximum Gasteiger partial charge on any atom is 0.241 e. The third kappa shape index (κ3) is 4.58. The van der Waals surface area contributed by atoms with Gasteiger partial charge in [0.25, 0.3) is 0 Å². The molecule has 0 saturated carbocycles. The standard InChI is InChI=1S/C21H22ClFN4O2/c1-28-19-8-3-2-5-15(19)21-24-20(29-25-21)14-27-11-9-26(10-12-27)13-16-17(22)6-4-7-18(16)23/h2-8H,9-14H2,1H3. The van der Waals surface area contributed by atoms with Crippen LogP contribution in [0.1, 0.15) is 11.5 Å². The highest BCUT2D eigenvalue weighted by Gasteiger charge is 2.21. The van der Waals surface area contributed by atoms with E-state index in [9.17, 15) is 4.39 Å². The molecule has 8 heteroatoms. The smallest absolute Gasteiger partial charge is 0.241 e. The van der Waals surface area contributed by atoms with Gasteiger partial charge in [0.05, 0.1) is 19.2 Å². The Bertz CT molecular complexity index is 953. The molecular weight excluding hydrogens is 395 g/mol. The lowest BCUT2D eigenvalue weighted by molar-refractivity contribution is 0.111. The van der Waals surface area contributed by atoms with Crippen molar-refractivity contribution < 1.29 is 13.7 Å². The molecule has 0 unspecified atom stereocenters. The molecule has 1 aliphatic rings. The van der Waals surface area contributed by atoms with Gasteiger partial charge in [-0.2, -0.15) is 4.98 Å². The Morgan fingerprint density at radius 2 is 1.76 bits per heavy atom. The summed E-state index contributed by atoms with van der Waals surface area (Å²) in [5.74, 6) is 1.54. The summed E-state index contributed by atoms with van der Waals surface area (Å²) in [6, 6.07) is 12.4. The van der Waals surface area contributed by atoms with Gasteiger partial charge in [0.15, 0.2) is 0 Å². The second-order valence-corrected chi connectivity index (χ2v) is 7.37. The largest absolute Gasteiger partial charge is 0.496 e. The predicted molar refractivity (Wildman–Crippen MR) is 108 cm³/mol. The minimum atomic E-state index is -0.255. The monoisotopic (exact) mass is 416 g/mol. The lowest BCUT2D eigenvalue weighted by Gasteiger charge is -2.34. The number of benzene rings is 2. The fraction of sp³-hybridized carbons (Fsp3) is 0.333. The van der Waals surface area contributed by atoms with Crippen LogP contribution in [-0.4, -0.2) is 53.2 Å². The highest BCUT2D eigenvalue weighted by Crippen LogP contribution is 2.27. The Balaban J connectivity index is 1.34. The molecule has 4 rings (SSSR count). The number of aromatic nitrogens is 2. The Morgan fingerprint density at radius 1 is 1.03 bits per heavy atom. The van der Waals surface area contributed by atoms with Crippen molar-refractivity contribution in [2.24, 2.45) is 0 Å². The third-order valence-electron chi connectivity index (χ3n) is 5.08. The fourth-order valence-electron chi connectivity index (χ4n) is 3.46. The van der Waals surface area contributed by atoms with Crippen LogP contribution in [0.25, 0.3) is 11.4 Å². The number of ether oxygens (including phenoxy) is 1. The molecule has 2 aromatic carbocycles. The second kappa shape index (κ2) is 8.90. The van der Waals surface area contributed by atoms with Crippen LogP contribution < -0.4 is 4.74 Å². The van der Waals surface area contributed by atoms with Crippen LogP contribution in [0, 0.1) is 5.82 Å². The molecule has 6 nitrogen and oxygen atoms in total. The molecule has 3 aromatic rings. The summed E-state index contributed by atoms with van der Waals surface area (Å²) >= 11 is 6.15. The van der Waals surface area contributed by atoms with Gasteiger partial charge in [-0.3, -0.25) is 9.80 Å². The van der Waals surface area contributed by atoms with Crippen LogP contribution in [0.3, 0.4) is 0 Å². The van der Waals surface area contributed by atoms with Gasteiger partial charge in [0.1, 0.15) is 11.6 Å². The summed E-state index contributed by atoms with van der Waals surface area (Å²) in [6.07, 6.45) is 0. The van der Waals surface area contributed by atoms with Crippen LogP contribution in [0.4, 0.5) is 4.39 Å². The van der Waals surface area contributed by atoms with E-state index in [0.717, 1.165) is 31.7 Å².